The molecule has 0 saturated carbocycles. The van der Waals surface area contributed by atoms with Crippen LogP contribution < -0.4 is 9.47 Å². The summed E-state index contributed by atoms with van der Waals surface area (Å²) in [4.78, 5) is 28.9. The summed E-state index contributed by atoms with van der Waals surface area (Å²) in [6, 6.07) is 3.77. The summed E-state index contributed by atoms with van der Waals surface area (Å²) in [6.07, 6.45) is 5.45. The minimum absolute atomic E-state index is 0.144. The molecule has 0 amide bonds. The van der Waals surface area contributed by atoms with Crippen molar-refractivity contribution in [3.63, 3.8) is 0 Å². The Morgan fingerprint density at radius 1 is 0.906 bits per heavy atom. The lowest BCUT2D eigenvalue weighted by atomic mass is 9.71. The van der Waals surface area contributed by atoms with Crippen LogP contribution in [0.25, 0.3) is 0 Å². The van der Waals surface area contributed by atoms with Crippen molar-refractivity contribution in [2.45, 2.75) is 71.6 Å². The van der Waals surface area contributed by atoms with Crippen LogP contribution in [-0.4, -0.2) is 36.2 Å². The Labute approximate surface area is 195 Å². The summed E-state index contributed by atoms with van der Waals surface area (Å²) >= 11 is 6.65. The monoisotopic (exact) mass is 457 g/mol. The van der Waals surface area contributed by atoms with Gasteiger partial charge in [0.15, 0.2) is 23.1 Å². The predicted octanol–water partition coefficient (Wildman–Crippen LogP) is 5.96. The topological polar surface area (TPSA) is 55.8 Å². The number of benzene rings is 1. The number of allylic oxidation sites excluding steroid dienone is 4. The Bertz CT molecular complexity index is 950. The summed E-state index contributed by atoms with van der Waals surface area (Å²) in [5, 5.41) is 0.444. The quantitative estimate of drug-likeness (QED) is 0.505. The number of nitrogens with zero attached hydrogens (tertiary/aromatic N) is 1. The molecule has 4 rings (SSSR count). The van der Waals surface area contributed by atoms with Crippen LogP contribution in [0.2, 0.25) is 5.02 Å². The highest BCUT2D eigenvalue weighted by Gasteiger charge is 2.43. The summed E-state index contributed by atoms with van der Waals surface area (Å²) in [6.45, 7) is 7.72. The van der Waals surface area contributed by atoms with Crippen LogP contribution in [0.1, 0.15) is 77.2 Å². The molecule has 1 aromatic rings. The van der Waals surface area contributed by atoms with Crippen LogP contribution >= 0.6 is 11.6 Å². The molecule has 32 heavy (non-hydrogen) atoms. The molecule has 0 bridgehead atoms. The van der Waals surface area contributed by atoms with E-state index < -0.39 is 0 Å². The number of halogens is 1. The van der Waals surface area contributed by atoms with Gasteiger partial charge in [-0.05, 0) is 63.6 Å². The van der Waals surface area contributed by atoms with Crippen LogP contribution in [0, 0.1) is 0 Å². The van der Waals surface area contributed by atoms with Gasteiger partial charge in [-0.2, -0.15) is 0 Å². The van der Waals surface area contributed by atoms with Crippen LogP contribution in [0.5, 0.6) is 11.5 Å². The zero-order valence-electron chi connectivity index (χ0n) is 19.3. The fourth-order valence-electron chi connectivity index (χ4n) is 5.35. The number of hydrogen-bond donors (Lipinski definition) is 0. The molecular weight excluding hydrogens is 426 g/mol. The van der Waals surface area contributed by atoms with Crippen molar-refractivity contribution >= 4 is 23.2 Å². The Hall–Kier alpha value is -2.27. The Kier molecular flexibility index (Phi) is 6.94. The summed E-state index contributed by atoms with van der Waals surface area (Å²) in [7, 11) is 0. The van der Waals surface area contributed by atoms with Gasteiger partial charge < -0.3 is 14.4 Å². The van der Waals surface area contributed by atoms with Crippen LogP contribution in [0.15, 0.2) is 34.7 Å². The highest BCUT2D eigenvalue weighted by Crippen LogP contribution is 2.51. The molecule has 6 heteroatoms. The Balaban J connectivity index is 1.95. The number of carbonyl (C=O) groups is 2. The SMILES string of the molecule is CCCN1C2=C(C(=O)CCC2)C(c2cc(Cl)c(OCC)c(OCC)c2)C2=C1CCCC2=O. The lowest BCUT2D eigenvalue weighted by molar-refractivity contribution is -0.117. The Morgan fingerprint density at radius 2 is 1.50 bits per heavy atom. The van der Waals surface area contributed by atoms with Gasteiger partial charge in [0.05, 0.1) is 18.2 Å². The van der Waals surface area contributed by atoms with Crippen molar-refractivity contribution in [2.24, 2.45) is 0 Å². The fourth-order valence-corrected chi connectivity index (χ4v) is 5.62. The van der Waals surface area contributed by atoms with Crippen molar-refractivity contribution in [2.75, 3.05) is 19.8 Å². The van der Waals surface area contributed by atoms with E-state index in [1.165, 1.54) is 0 Å². The van der Waals surface area contributed by atoms with Crippen molar-refractivity contribution in [1.82, 2.24) is 4.90 Å². The van der Waals surface area contributed by atoms with E-state index in [2.05, 4.69) is 11.8 Å². The molecule has 0 aromatic heterocycles. The first-order valence-electron chi connectivity index (χ1n) is 11.9. The minimum atomic E-state index is -0.388. The van der Waals surface area contributed by atoms with E-state index in [1.807, 2.05) is 26.0 Å². The third-order valence-electron chi connectivity index (χ3n) is 6.49. The Morgan fingerprint density at radius 3 is 2.03 bits per heavy atom. The van der Waals surface area contributed by atoms with E-state index in [4.69, 9.17) is 21.1 Å². The van der Waals surface area contributed by atoms with Gasteiger partial charge in [0.2, 0.25) is 0 Å². The molecule has 1 heterocycles. The van der Waals surface area contributed by atoms with Gasteiger partial charge in [0, 0.05) is 47.8 Å². The third-order valence-corrected chi connectivity index (χ3v) is 6.77. The molecular formula is C26H32ClNO4. The molecule has 1 aromatic carbocycles. The predicted molar refractivity (Wildman–Crippen MR) is 125 cm³/mol. The second-order valence-corrected chi connectivity index (χ2v) is 8.96. The largest absolute Gasteiger partial charge is 0.490 e. The molecule has 0 fully saturated rings. The summed E-state index contributed by atoms with van der Waals surface area (Å²) in [5.74, 6) is 0.969. The molecule has 3 aliphatic rings. The lowest BCUT2D eigenvalue weighted by Crippen LogP contribution is -2.39. The van der Waals surface area contributed by atoms with E-state index in [0.717, 1.165) is 66.8 Å². The normalized spacial score (nSPS) is 19.3. The zero-order chi connectivity index (χ0) is 22.8. The maximum Gasteiger partial charge on any atom is 0.179 e. The van der Waals surface area contributed by atoms with Gasteiger partial charge in [-0.3, -0.25) is 9.59 Å². The number of rotatable bonds is 7. The molecule has 0 atom stereocenters. The standard InChI is InChI=1S/C26H32ClNO4/c1-4-13-28-18-9-7-11-20(29)24(18)23(25-19(28)10-8-12-21(25)30)16-14-17(27)26(32-6-3)22(15-16)31-5-2/h14-15,23H,4-13H2,1-3H3. The highest BCUT2D eigenvalue weighted by atomic mass is 35.5. The summed E-state index contributed by atoms with van der Waals surface area (Å²) < 4.78 is 11.6. The smallest absolute Gasteiger partial charge is 0.179 e. The van der Waals surface area contributed by atoms with Crippen LogP contribution in [0.4, 0.5) is 0 Å². The molecule has 2 aliphatic carbocycles. The zero-order valence-corrected chi connectivity index (χ0v) is 20.0. The summed E-state index contributed by atoms with van der Waals surface area (Å²) in [5.41, 5.74) is 4.60. The number of hydrogen-bond acceptors (Lipinski definition) is 5. The first kappa shape index (κ1) is 22.9. The van der Waals surface area contributed by atoms with Crippen molar-refractivity contribution in [3.05, 3.63) is 45.3 Å². The molecule has 1 aliphatic heterocycles. The third kappa shape index (κ3) is 3.96. The van der Waals surface area contributed by atoms with Gasteiger partial charge in [-0.1, -0.05) is 18.5 Å². The molecule has 0 unspecified atom stereocenters. The van der Waals surface area contributed by atoms with Gasteiger partial charge in [-0.15, -0.1) is 0 Å². The van der Waals surface area contributed by atoms with E-state index >= 15 is 0 Å². The van der Waals surface area contributed by atoms with Gasteiger partial charge in [-0.25, -0.2) is 0 Å². The molecule has 172 valence electrons. The molecule has 0 spiro atoms. The van der Waals surface area contributed by atoms with Gasteiger partial charge >= 0.3 is 0 Å². The molecule has 0 N–H and O–H groups in total. The lowest BCUT2D eigenvalue weighted by Gasteiger charge is -2.44. The molecule has 5 nitrogen and oxygen atoms in total. The van der Waals surface area contributed by atoms with E-state index in [1.54, 1.807) is 0 Å². The van der Waals surface area contributed by atoms with E-state index in [9.17, 15) is 9.59 Å². The molecule has 0 saturated heterocycles. The number of ketones is 2. The second kappa shape index (κ2) is 9.70. The van der Waals surface area contributed by atoms with E-state index in [-0.39, 0.29) is 17.5 Å². The van der Waals surface area contributed by atoms with E-state index in [0.29, 0.717) is 42.6 Å². The second-order valence-electron chi connectivity index (χ2n) is 8.55. The number of ether oxygens (including phenoxy) is 2. The van der Waals surface area contributed by atoms with Crippen molar-refractivity contribution < 1.29 is 19.1 Å². The van der Waals surface area contributed by atoms with Crippen molar-refractivity contribution in [3.8, 4) is 11.5 Å². The number of carbonyl (C=O) groups excluding carboxylic acids is 2. The number of Topliss-reactive ketones (excluding diaryl/α,β-unsaturated/α-hetero) is 2. The maximum atomic E-state index is 13.3. The average Bonchev–Trinajstić information content (AvgIpc) is 2.77. The first-order chi connectivity index (χ1) is 15.5. The van der Waals surface area contributed by atoms with Crippen LogP contribution in [0.3, 0.4) is 0 Å². The minimum Gasteiger partial charge on any atom is -0.490 e. The highest BCUT2D eigenvalue weighted by molar-refractivity contribution is 6.32. The molecule has 0 radical (unpaired) electrons. The average molecular weight is 458 g/mol. The fraction of sp³-hybridized carbons (Fsp3) is 0.538. The van der Waals surface area contributed by atoms with Gasteiger partial charge in [0.1, 0.15) is 0 Å². The van der Waals surface area contributed by atoms with Gasteiger partial charge in [0.25, 0.3) is 0 Å². The van der Waals surface area contributed by atoms with Crippen LogP contribution in [-0.2, 0) is 9.59 Å². The first-order valence-corrected chi connectivity index (χ1v) is 12.3. The van der Waals surface area contributed by atoms with Crippen molar-refractivity contribution in [1.29, 1.82) is 0 Å². The maximum absolute atomic E-state index is 13.3.